The lowest BCUT2D eigenvalue weighted by Crippen LogP contribution is -2.27. The van der Waals surface area contributed by atoms with Gasteiger partial charge in [-0.3, -0.25) is 0 Å². The summed E-state index contributed by atoms with van der Waals surface area (Å²) in [6.45, 7) is -0.0961. The normalized spacial score (nSPS) is 12.8. The van der Waals surface area contributed by atoms with Crippen LogP contribution in [0.15, 0.2) is 24.3 Å². The zero-order valence-electron chi connectivity index (χ0n) is 9.79. The molecule has 0 amide bonds. The minimum absolute atomic E-state index is 0.326. The molecule has 0 heterocycles. The van der Waals surface area contributed by atoms with Crippen molar-refractivity contribution in [2.75, 3.05) is 13.7 Å². The van der Waals surface area contributed by atoms with Gasteiger partial charge in [0.05, 0.1) is 6.07 Å². The summed E-state index contributed by atoms with van der Waals surface area (Å²) >= 11 is 0. The van der Waals surface area contributed by atoms with Crippen LogP contribution in [0.3, 0.4) is 0 Å². The average molecular weight is 258 g/mol. The van der Waals surface area contributed by atoms with E-state index in [1.54, 1.807) is 25.2 Å². The van der Waals surface area contributed by atoms with E-state index in [9.17, 15) is 13.2 Å². The first kappa shape index (κ1) is 14.3. The Balaban J connectivity index is 2.63. The van der Waals surface area contributed by atoms with Crippen molar-refractivity contribution in [1.29, 1.82) is 5.26 Å². The van der Waals surface area contributed by atoms with E-state index in [2.05, 4.69) is 5.32 Å². The molecule has 0 saturated heterocycles. The van der Waals surface area contributed by atoms with Gasteiger partial charge in [-0.05, 0) is 24.7 Å². The highest BCUT2D eigenvalue weighted by Crippen LogP contribution is 2.26. The van der Waals surface area contributed by atoms with Crippen molar-refractivity contribution >= 4 is 0 Å². The molecule has 6 heteroatoms. The van der Waals surface area contributed by atoms with Crippen molar-refractivity contribution in [2.24, 2.45) is 5.92 Å². The molecule has 1 aromatic rings. The summed E-state index contributed by atoms with van der Waals surface area (Å²) in [6.07, 6.45) is -4.56. The molecule has 0 saturated carbocycles. The Bertz CT molecular complexity index is 426. The molecule has 1 atom stereocenters. The Morgan fingerprint density at radius 1 is 1.44 bits per heavy atom. The second-order valence-electron chi connectivity index (χ2n) is 3.71. The lowest BCUT2D eigenvalue weighted by atomic mass is 10.2. The highest BCUT2D eigenvalue weighted by atomic mass is 19.4. The average Bonchev–Trinajstić information content (AvgIpc) is 2.29. The molecule has 0 bridgehead atoms. The standard InChI is InChI=1S/C12H13F3N2O/c1-17-7-9-3-2-4-11(5-9)18-8-10(6-16)12(13,14)15/h2-5,10,17H,7-8H2,1H3. The summed E-state index contributed by atoms with van der Waals surface area (Å²) in [7, 11) is 1.77. The van der Waals surface area contributed by atoms with E-state index in [1.807, 2.05) is 6.07 Å². The Kier molecular flexibility index (Phi) is 4.98. The number of halogens is 3. The molecule has 1 N–H and O–H groups in total. The third-order valence-corrected chi connectivity index (χ3v) is 2.25. The number of rotatable bonds is 5. The first-order valence-corrected chi connectivity index (χ1v) is 5.30. The van der Waals surface area contributed by atoms with Crippen molar-refractivity contribution in [1.82, 2.24) is 5.32 Å². The van der Waals surface area contributed by atoms with Gasteiger partial charge in [0, 0.05) is 6.54 Å². The topological polar surface area (TPSA) is 45.0 Å². The Morgan fingerprint density at radius 3 is 2.72 bits per heavy atom. The lowest BCUT2D eigenvalue weighted by Gasteiger charge is -2.14. The molecule has 0 aliphatic rings. The quantitative estimate of drug-likeness (QED) is 0.882. The predicted octanol–water partition coefficient (Wildman–Crippen LogP) is 2.49. The molecule has 0 aliphatic carbocycles. The second kappa shape index (κ2) is 6.26. The van der Waals surface area contributed by atoms with Crippen LogP contribution in [0.2, 0.25) is 0 Å². The van der Waals surface area contributed by atoms with Crippen LogP contribution in [0, 0.1) is 17.2 Å². The zero-order chi connectivity index (χ0) is 13.6. The molecule has 0 radical (unpaired) electrons. The van der Waals surface area contributed by atoms with E-state index in [0.29, 0.717) is 12.3 Å². The molecule has 18 heavy (non-hydrogen) atoms. The predicted molar refractivity (Wildman–Crippen MR) is 59.9 cm³/mol. The maximum Gasteiger partial charge on any atom is 0.407 e. The van der Waals surface area contributed by atoms with Gasteiger partial charge >= 0.3 is 6.18 Å². The van der Waals surface area contributed by atoms with Crippen molar-refractivity contribution in [3.63, 3.8) is 0 Å². The smallest absolute Gasteiger partial charge is 0.407 e. The minimum Gasteiger partial charge on any atom is -0.492 e. The molecular formula is C12H13F3N2O. The molecule has 1 rings (SSSR count). The Hall–Kier alpha value is -1.74. The molecule has 1 aromatic carbocycles. The summed E-state index contributed by atoms with van der Waals surface area (Å²) in [5, 5.41) is 11.3. The van der Waals surface area contributed by atoms with Crippen molar-refractivity contribution in [3.05, 3.63) is 29.8 Å². The van der Waals surface area contributed by atoms with Gasteiger partial charge in [-0.2, -0.15) is 18.4 Å². The monoisotopic (exact) mass is 258 g/mol. The Morgan fingerprint density at radius 2 is 2.17 bits per heavy atom. The van der Waals surface area contributed by atoms with Crippen molar-refractivity contribution < 1.29 is 17.9 Å². The van der Waals surface area contributed by atoms with Crippen LogP contribution < -0.4 is 10.1 Å². The van der Waals surface area contributed by atoms with Gasteiger partial charge in [-0.1, -0.05) is 12.1 Å². The largest absolute Gasteiger partial charge is 0.492 e. The van der Waals surface area contributed by atoms with Crippen LogP contribution in [0.5, 0.6) is 5.75 Å². The number of benzene rings is 1. The fourth-order valence-electron chi connectivity index (χ4n) is 1.33. The summed E-state index contributed by atoms with van der Waals surface area (Å²) < 4.78 is 41.9. The highest BCUT2D eigenvalue weighted by Gasteiger charge is 2.40. The molecule has 0 fully saturated rings. The maximum atomic E-state index is 12.3. The lowest BCUT2D eigenvalue weighted by molar-refractivity contribution is -0.165. The van der Waals surface area contributed by atoms with E-state index in [1.165, 1.54) is 6.07 Å². The molecule has 1 unspecified atom stereocenters. The fourth-order valence-corrected chi connectivity index (χ4v) is 1.33. The maximum absolute atomic E-state index is 12.3. The third kappa shape index (κ3) is 4.26. The van der Waals surface area contributed by atoms with Gasteiger partial charge in [0.2, 0.25) is 0 Å². The number of nitrogens with zero attached hydrogens (tertiary/aromatic N) is 1. The first-order valence-electron chi connectivity index (χ1n) is 5.30. The minimum atomic E-state index is -4.56. The van der Waals surface area contributed by atoms with Crippen LogP contribution in [-0.4, -0.2) is 19.8 Å². The van der Waals surface area contributed by atoms with E-state index in [0.717, 1.165) is 5.56 Å². The number of hydrogen-bond donors (Lipinski definition) is 1. The number of hydrogen-bond acceptors (Lipinski definition) is 3. The van der Waals surface area contributed by atoms with Gasteiger partial charge in [0.25, 0.3) is 0 Å². The molecular weight excluding hydrogens is 245 g/mol. The summed E-state index contributed by atoms with van der Waals surface area (Å²) in [6, 6.07) is 7.91. The van der Waals surface area contributed by atoms with Crippen molar-refractivity contribution in [3.8, 4) is 11.8 Å². The van der Waals surface area contributed by atoms with Gasteiger partial charge < -0.3 is 10.1 Å². The van der Waals surface area contributed by atoms with Crippen LogP contribution in [-0.2, 0) is 6.54 Å². The van der Waals surface area contributed by atoms with Gasteiger partial charge in [0.1, 0.15) is 12.4 Å². The van der Waals surface area contributed by atoms with Crippen LogP contribution in [0.1, 0.15) is 5.56 Å². The van der Waals surface area contributed by atoms with Crippen LogP contribution in [0.25, 0.3) is 0 Å². The SMILES string of the molecule is CNCc1cccc(OCC(C#N)C(F)(F)F)c1. The highest BCUT2D eigenvalue weighted by molar-refractivity contribution is 5.28. The van der Waals surface area contributed by atoms with Crippen LogP contribution >= 0.6 is 0 Å². The second-order valence-corrected chi connectivity index (χ2v) is 3.71. The molecule has 0 aromatic heterocycles. The van der Waals surface area contributed by atoms with E-state index in [4.69, 9.17) is 10.00 Å². The first-order chi connectivity index (χ1) is 8.47. The summed E-state index contributed by atoms with van der Waals surface area (Å²) in [5.41, 5.74) is 0.899. The van der Waals surface area contributed by atoms with Gasteiger partial charge in [-0.15, -0.1) is 0 Å². The molecule has 3 nitrogen and oxygen atoms in total. The van der Waals surface area contributed by atoms with E-state index in [-0.39, 0.29) is 0 Å². The third-order valence-electron chi connectivity index (χ3n) is 2.25. The molecule has 98 valence electrons. The number of ether oxygens (including phenoxy) is 1. The number of alkyl halides is 3. The Labute approximate surface area is 103 Å². The summed E-state index contributed by atoms with van der Waals surface area (Å²) in [5.74, 6) is -1.78. The van der Waals surface area contributed by atoms with E-state index >= 15 is 0 Å². The van der Waals surface area contributed by atoms with Crippen molar-refractivity contribution in [2.45, 2.75) is 12.7 Å². The fraction of sp³-hybridized carbons (Fsp3) is 0.417. The van der Waals surface area contributed by atoms with Crippen LogP contribution in [0.4, 0.5) is 13.2 Å². The zero-order valence-corrected chi connectivity index (χ0v) is 9.79. The molecule has 0 spiro atoms. The van der Waals surface area contributed by atoms with Gasteiger partial charge in [0.15, 0.2) is 5.92 Å². The summed E-state index contributed by atoms with van der Waals surface area (Å²) in [4.78, 5) is 0. The molecule has 0 aliphatic heterocycles. The van der Waals surface area contributed by atoms with Gasteiger partial charge in [-0.25, -0.2) is 0 Å². The van der Waals surface area contributed by atoms with E-state index < -0.39 is 18.7 Å². The number of nitrogens with one attached hydrogen (secondary N) is 1. The number of nitriles is 1.